The second kappa shape index (κ2) is 6.98. The van der Waals surface area contributed by atoms with Crippen LogP contribution >= 0.6 is 11.3 Å². The van der Waals surface area contributed by atoms with E-state index in [4.69, 9.17) is 0 Å². The van der Waals surface area contributed by atoms with Gasteiger partial charge in [-0.25, -0.2) is 9.97 Å². The van der Waals surface area contributed by atoms with Crippen LogP contribution in [0.25, 0.3) is 0 Å². The molecule has 0 aliphatic carbocycles. The van der Waals surface area contributed by atoms with E-state index < -0.39 is 0 Å². The Morgan fingerprint density at radius 2 is 2.19 bits per heavy atom. The van der Waals surface area contributed by atoms with Gasteiger partial charge in [0.25, 0.3) is 0 Å². The summed E-state index contributed by atoms with van der Waals surface area (Å²) < 4.78 is 0. The summed E-state index contributed by atoms with van der Waals surface area (Å²) in [6.45, 7) is 2.42. The summed E-state index contributed by atoms with van der Waals surface area (Å²) in [4.78, 5) is 26.2. The summed E-state index contributed by atoms with van der Waals surface area (Å²) in [5, 5.41) is 8.21. The molecule has 2 aromatic heterocycles. The Morgan fingerprint density at radius 1 is 1.38 bits per heavy atom. The Kier molecular flexibility index (Phi) is 5.04. The van der Waals surface area contributed by atoms with Gasteiger partial charge < -0.3 is 15.5 Å². The average molecular weight is 306 g/mol. The van der Waals surface area contributed by atoms with Crippen molar-refractivity contribution in [3.05, 3.63) is 23.3 Å². The summed E-state index contributed by atoms with van der Waals surface area (Å²) in [6, 6.07) is 0. The van der Waals surface area contributed by atoms with Gasteiger partial charge in [-0.15, -0.1) is 11.3 Å². The monoisotopic (exact) mass is 306 g/mol. The number of hydrogen-bond donors (Lipinski definition) is 2. The van der Waals surface area contributed by atoms with E-state index in [-0.39, 0.29) is 5.91 Å². The molecule has 7 nitrogen and oxygen atoms in total. The first kappa shape index (κ1) is 15.2. The fraction of sp³-hybridized carbons (Fsp3) is 0.385. The van der Waals surface area contributed by atoms with Crippen molar-refractivity contribution >= 4 is 34.1 Å². The normalized spacial score (nSPS) is 10.2. The molecule has 1 amide bonds. The Balaban J connectivity index is 1.83. The third-order valence-corrected chi connectivity index (χ3v) is 3.37. The number of amides is 1. The molecule has 2 heterocycles. The smallest absolute Gasteiger partial charge is 0.227 e. The van der Waals surface area contributed by atoms with E-state index in [1.54, 1.807) is 12.4 Å². The molecule has 0 aliphatic rings. The average Bonchev–Trinajstić information content (AvgIpc) is 2.93. The van der Waals surface area contributed by atoms with Crippen molar-refractivity contribution in [2.24, 2.45) is 0 Å². The van der Waals surface area contributed by atoms with E-state index in [1.165, 1.54) is 11.3 Å². The topological polar surface area (TPSA) is 83.0 Å². The van der Waals surface area contributed by atoms with E-state index in [0.29, 0.717) is 24.0 Å². The molecule has 2 rings (SSSR count). The molecule has 2 N–H and O–H groups in total. The van der Waals surface area contributed by atoms with Crippen molar-refractivity contribution in [3.63, 3.8) is 0 Å². The molecule has 0 radical (unpaired) electrons. The van der Waals surface area contributed by atoms with Gasteiger partial charge in [-0.1, -0.05) is 0 Å². The highest BCUT2D eigenvalue weighted by molar-refractivity contribution is 7.13. The SMILES string of the molecule is Cc1cnc(NCCC(=O)Nc2nccs2)nc1N(C)C. The van der Waals surface area contributed by atoms with Gasteiger partial charge in [-0.05, 0) is 6.92 Å². The lowest BCUT2D eigenvalue weighted by molar-refractivity contribution is -0.115. The predicted octanol–water partition coefficient (Wildman–Crippen LogP) is 1.75. The first-order valence-electron chi connectivity index (χ1n) is 6.50. The Labute approximate surface area is 127 Å². The van der Waals surface area contributed by atoms with Gasteiger partial charge in [-0.2, -0.15) is 4.98 Å². The van der Waals surface area contributed by atoms with Crippen molar-refractivity contribution in [1.82, 2.24) is 15.0 Å². The van der Waals surface area contributed by atoms with Crippen molar-refractivity contribution in [3.8, 4) is 0 Å². The molecule has 0 saturated heterocycles. The molecule has 0 fully saturated rings. The maximum absolute atomic E-state index is 11.7. The lowest BCUT2D eigenvalue weighted by Crippen LogP contribution is -2.18. The van der Waals surface area contributed by atoms with Crippen LogP contribution in [0.1, 0.15) is 12.0 Å². The Bertz CT molecular complexity index is 599. The zero-order chi connectivity index (χ0) is 15.2. The predicted molar refractivity (Wildman–Crippen MR) is 84.9 cm³/mol. The van der Waals surface area contributed by atoms with Crippen LogP contribution in [0.15, 0.2) is 17.8 Å². The number of aromatic nitrogens is 3. The van der Waals surface area contributed by atoms with E-state index in [2.05, 4.69) is 25.6 Å². The summed E-state index contributed by atoms with van der Waals surface area (Å²) in [5.74, 6) is 1.29. The molecule has 8 heteroatoms. The van der Waals surface area contributed by atoms with Gasteiger partial charge in [0.1, 0.15) is 5.82 Å². The number of thiazole rings is 1. The molecular formula is C13H18N6OS. The molecular weight excluding hydrogens is 288 g/mol. The Hall–Kier alpha value is -2.22. The number of carbonyl (C=O) groups excluding carboxylic acids is 1. The number of nitrogens with one attached hydrogen (secondary N) is 2. The quantitative estimate of drug-likeness (QED) is 0.846. The minimum atomic E-state index is -0.0857. The van der Waals surface area contributed by atoms with E-state index in [1.807, 2.05) is 31.3 Å². The van der Waals surface area contributed by atoms with Gasteiger partial charge >= 0.3 is 0 Å². The summed E-state index contributed by atoms with van der Waals surface area (Å²) in [5.41, 5.74) is 1.01. The standard InChI is InChI=1S/C13H18N6OS/c1-9-8-16-12(18-11(9)19(2)3)14-5-4-10(20)17-13-15-6-7-21-13/h6-8H,4-5H2,1-3H3,(H,14,16,18)(H,15,17,20). The summed E-state index contributed by atoms with van der Waals surface area (Å²) in [6.07, 6.45) is 3.75. The third kappa shape index (κ3) is 4.38. The summed E-state index contributed by atoms with van der Waals surface area (Å²) in [7, 11) is 3.86. The van der Waals surface area contributed by atoms with Crippen molar-refractivity contribution in [2.75, 3.05) is 36.2 Å². The number of nitrogens with zero attached hydrogens (tertiary/aromatic N) is 4. The van der Waals surface area contributed by atoms with Crippen molar-refractivity contribution < 1.29 is 4.79 Å². The highest BCUT2D eigenvalue weighted by Gasteiger charge is 2.07. The molecule has 0 saturated carbocycles. The van der Waals surface area contributed by atoms with E-state index in [0.717, 1.165) is 11.4 Å². The maximum Gasteiger partial charge on any atom is 0.227 e. The molecule has 112 valence electrons. The van der Waals surface area contributed by atoms with Crippen LogP contribution in [0.3, 0.4) is 0 Å². The van der Waals surface area contributed by atoms with Crippen LogP contribution < -0.4 is 15.5 Å². The molecule has 0 atom stereocenters. The highest BCUT2D eigenvalue weighted by atomic mass is 32.1. The van der Waals surface area contributed by atoms with Crippen LogP contribution in [0.4, 0.5) is 16.9 Å². The second-order valence-corrected chi connectivity index (χ2v) is 5.55. The van der Waals surface area contributed by atoms with Gasteiger partial charge in [0, 0.05) is 50.4 Å². The fourth-order valence-corrected chi connectivity index (χ4v) is 2.27. The van der Waals surface area contributed by atoms with E-state index >= 15 is 0 Å². The number of carbonyl (C=O) groups is 1. The molecule has 0 bridgehead atoms. The van der Waals surface area contributed by atoms with Crippen LogP contribution in [0.5, 0.6) is 0 Å². The highest BCUT2D eigenvalue weighted by Crippen LogP contribution is 2.15. The van der Waals surface area contributed by atoms with E-state index in [9.17, 15) is 4.79 Å². The minimum Gasteiger partial charge on any atom is -0.362 e. The zero-order valence-electron chi connectivity index (χ0n) is 12.3. The minimum absolute atomic E-state index is 0.0857. The number of hydrogen-bond acceptors (Lipinski definition) is 7. The Morgan fingerprint density at radius 3 is 2.86 bits per heavy atom. The number of anilines is 3. The lowest BCUT2D eigenvalue weighted by Gasteiger charge is -2.15. The number of aryl methyl sites for hydroxylation is 1. The molecule has 0 unspecified atom stereocenters. The van der Waals surface area contributed by atoms with Crippen LogP contribution in [0.2, 0.25) is 0 Å². The first-order valence-corrected chi connectivity index (χ1v) is 7.38. The van der Waals surface area contributed by atoms with Crippen LogP contribution in [0, 0.1) is 6.92 Å². The van der Waals surface area contributed by atoms with Crippen molar-refractivity contribution in [1.29, 1.82) is 0 Å². The molecule has 0 aromatic carbocycles. The first-order chi connectivity index (χ1) is 10.1. The van der Waals surface area contributed by atoms with Crippen LogP contribution in [-0.4, -0.2) is 41.5 Å². The van der Waals surface area contributed by atoms with Gasteiger partial charge in [0.2, 0.25) is 11.9 Å². The summed E-state index contributed by atoms with van der Waals surface area (Å²) >= 11 is 1.39. The van der Waals surface area contributed by atoms with Gasteiger partial charge in [0.05, 0.1) is 0 Å². The molecule has 0 spiro atoms. The molecule has 2 aromatic rings. The zero-order valence-corrected chi connectivity index (χ0v) is 13.1. The second-order valence-electron chi connectivity index (χ2n) is 4.66. The maximum atomic E-state index is 11.7. The van der Waals surface area contributed by atoms with Crippen LogP contribution in [-0.2, 0) is 4.79 Å². The fourth-order valence-electron chi connectivity index (χ4n) is 1.73. The van der Waals surface area contributed by atoms with Gasteiger partial charge in [-0.3, -0.25) is 4.79 Å². The van der Waals surface area contributed by atoms with Crippen molar-refractivity contribution in [2.45, 2.75) is 13.3 Å². The largest absolute Gasteiger partial charge is 0.362 e. The molecule has 21 heavy (non-hydrogen) atoms. The van der Waals surface area contributed by atoms with Gasteiger partial charge in [0.15, 0.2) is 5.13 Å². The number of rotatable bonds is 6. The molecule has 0 aliphatic heterocycles. The third-order valence-electron chi connectivity index (χ3n) is 2.68. The lowest BCUT2D eigenvalue weighted by atomic mass is 10.3.